The first kappa shape index (κ1) is 24.2. The van der Waals surface area contributed by atoms with E-state index in [0.29, 0.717) is 41.5 Å². The van der Waals surface area contributed by atoms with E-state index in [2.05, 4.69) is 27.5 Å². The minimum atomic E-state index is -0.247. The number of aromatic nitrogens is 4. The molecule has 10 nitrogen and oxygen atoms in total. The van der Waals surface area contributed by atoms with Crippen molar-refractivity contribution in [2.24, 2.45) is 0 Å². The normalized spacial score (nSPS) is 17.5. The number of hydrogen-bond acceptors (Lipinski definition) is 6. The minimum absolute atomic E-state index is 0.0466. The summed E-state index contributed by atoms with van der Waals surface area (Å²) in [5.41, 5.74) is 9.05. The van der Waals surface area contributed by atoms with Gasteiger partial charge in [0.25, 0.3) is 5.91 Å². The van der Waals surface area contributed by atoms with Gasteiger partial charge in [-0.05, 0) is 51.0 Å². The van der Waals surface area contributed by atoms with Crippen LogP contribution in [0.15, 0.2) is 61.1 Å². The van der Waals surface area contributed by atoms with Gasteiger partial charge in [0, 0.05) is 54.8 Å². The number of likely N-dealkylation sites (tertiary alicyclic amines) is 1. The Bertz CT molecular complexity index is 1420. The maximum absolute atomic E-state index is 12.7. The van der Waals surface area contributed by atoms with Crippen molar-refractivity contribution in [1.82, 2.24) is 29.6 Å². The molecular formula is C27H30N8O2. The zero-order valence-corrected chi connectivity index (χ0v) is 20.9. The summed E-state index contributed by atoms with van der Waals surface area (Å²) in [7, 11) is 0. The fraction of sp³-hybridized carbons (Fsp3) is 0.296. The van der Waals surface area contributed by atoms with Crippen LogP contribution in [0.25, 0.3) is 16.8 Å². The Balaban J connectivity index is 1.46. The number of nitrogen functional groups attached to an aromatic ring is 1. The number of imidazole rings is 1. The van der Waals surface area contributed by atoms with E-state index in [-0.39, 0.29) is 23.9 Å². The van der Waals surface area contributed by atoms with Crippen molar-refractivity contribution in [3.05, 3.63) is 72.4 Å². The molecule has 0 aliphatic carbocycles. The molecule has 0 bridgehead atoms. The first-order chi connectivity index (χ1) is 18.0. The highest BCUT2D eigenvalue weighted by Crippen LogP contribution is 2.35. The number of carbonyl (C=O) groups excluding carboxylic acids is 2. The van der Waals surface area contributed by atoms with Crippen molar-refractivity contribution in [2.45, 2.75) is 38.6 Å². The van der Waals surface area contributed by atoms with Gasteiger partial charge in [-0.25, -0.2) is 19.7 Å². The van der Waals surface area contributed by atoms with Crippen molar-refractivity contribution in [1.29, 1.82) is 0 Å². The van der Waals surface area contributed by atoms with E-state index in [1.807, 2.05) is 40.6 Å². The zero-order chi connectivity index (χ0) is 25.9. The number of benzene rings is 1. The first-order valence-corrected chi connectivity index (χ1v) is 12.5. The summed E-state index contributed by atoms with van der Waals surface area (Å²) in [6.45, 7) is 5.15. The zero-order valence-electron chi connectivity index (χ0n) is 20.9. The molecule has 0 saturated carbocycles. The number of urea groups is 1. The Hall–Kier alpha value is -4.47. The Labute approximate surface area is 214 Å². The quantitative estimate of drug-likeness (QED) is 0.382. The highest BCUT2D eigenvalue weighted by molar-refractivity contribution is 6.04. The third-order valence-corrected chi connectivity index (χ3v) is 6.77. The van der Waals surface area contributed by atoms with Crippen LogP contribution in [0.1, 0.15) is 48.8 Å². The molecule has 37 heavy (non-hydrogen) atoms. The first-order valence-electron chi connectivity index (χ1n) is 12.5. The highest BCUT2D eigenvalue weighted by atomic mass is 16.2. The van der Waals surface area contributed by atoms with Crippen molar-refractivity contribution in [2.75, 3.05) is 24.1 Å². The molecule has 190 valence electrons. The largest absolute Gasteiger partial charge is 0.382 e. The van der Waals surface area contributed by atoms with E-state index in [1.54, 1.807) is 36.7 Å². The third kappa shape index (κ3) is 4.82. The number of nitrogens with two attached hydrogens (primary N) is 1. The predicted molar refractivity (Wildman–Crippen MR) is 142 cm³/mol. The number of carbonyl (C=O) groups is 2. The lowest BCUT2D eigenvalue weighted by Crippen LogP contribution is -2.49. The molecule has 4 N–H and O–H groups in total. The fourth-order valence-corrected chi connectivity index (χ4v) is 4.83. The van der Waals surface area contributed by atoms with E-state index in [0.717, 1.165) is 24.2 Å². The Morgan fingerprint density at radius 3 is 2.62 bits per heavy atom. The summed E-state index contributed by atoms with van der Waals surface area (Å²) in [5, 5.41) is 5.71. The number of piperidine rings is 1. The van der Waals surface area contributed by atoms with Crippen LogP contribution in [-0.4, -0.2) is 55.3 Å². The van der Waals surface area contributed by atoms with E-state index in [4.69, 9.17) is 10.7 Å². The van der Waals surface area contributed by atoms with Crippen LogP contribution in [0, 0.1) is 0 Å². The molecule has 2 atom stereocenters. The average molecular weight is 499 g/mol. The Morgan fingerprint density at radius 1 is 1.08 bits per heavy atom. The lowest BCUT2D eigenvalue weighted by atomic mass is 9.93. The molecule has 3 amide bonds. The Kier molecular flexibility index (Phi) is 6.72. The summed E-state index contributed by atoms with van der Waals surface area (Å²) >= 11 is 0. The molecule has 1 fully saturated rings. The summed E-state index contributed by atoms with van der Waals surface area (Å²) in [4.78, 5) is 40.7. The minimum Gasteiger partial charge on any atom is -0.382 e. The Morgan fingerprint density at radius 2 is 1.89 bits per heavy atom. The number of nitrogens with zero attached hydrogens (tertiary/aromatic N) is 5. The monoisotopic (exact) mass is 498 g/mol. The maximum Gasteiger partial charge on any atom is 0.317 e. The van der Waals surface area contributed by atoms with Crippen LogP contribution in [0.4, 0.5) is 16.4 Å². The molecule has 1 aromatic carbocycles. The fourth-order valence-electron chi connectivity index (χ4n) is 4.83. The van der Waals surface area contributed by atoms with Gasteiger partial charge < -0.3 is 21.3 Å². The van der Waals surface area contributed by atoms with Gasteiger partial charge in [-0.2, -0.15) is 0 Å². The molecule has 3 aromatic heterocycles. The van der Waals surface area contributed by atoms with Crippen molar-refractivity contribution in [3.63, 3.8) is 0 Å². The molecule has 1 saturated heterocycles. The van der Waals surface area contributed by atoms with E-state index in [9.17, 15) is 9.59 Å². The third-order valence-electron chi connectivity index (χ3n) is 6.77. The van der Waals surface area contributed by atoms with Gasteiger partial charge in [0.2, 0.25) is 0 Å². The molecular weight excluding hydrogens is 468 g/mol. The number of rotatable bonds is 5. The van der Waals surface area contributed by atoms with Gasteiger partial charge in [-0.3, -0.25) is 9.20 Å². The summed E-state index contributed by atoms with van der Waals surface area (Å²) in [6.07, 6.45) is 6.94. The molecule has 0 spiro atoms. The highest BCUT2D eigenvalue weighted by Gasteiger charge is 2.32. The smallest absolute Gasteiger partial charge is 0.317 e. The van der Waals surface area contributed by atoms with Crippen LogP contribution in [0.5, 0.6) is 0 Å². The van der Waals surface area contributed by atoms with Crippen LogP contribution in [-0.2, 0) is 0 Å². The molecule has 10 heteroatoms. The standard InChI is InChI=1S/C27H30N8O2/c1-3-29-27(37)35-16-20(8-7-17(35)2)25-33-22(23-24(28)31-14-15-34(23)25)18-9-11-19(12-10-18)26(36)32-21-6-4-5-13-30-21/h4-6,9-15,17,20H,3,7-8,16H2,1-2H3,(H2,28,31)(H,29,37)(H,30,32,36). The molecule has 4 heterocycles. The average Bonchev–Trinajstić information content (AvgIpc) is 3.31. The van der Waals surface area contributed by atoms with E-state index < -0.39 is 0 Å². The van der Waals surface area contributed by atoms with Crippen molar-refractivity contribution >= 4 is 29.1 Å². The number of pyridine rings is 1. The molecule has 0 radical (unpaired) electrons. The molecule has 5 rings (SSSR count). The predicted octanol–water partition coefficient (Wildman–Crippen LogP) is 3.92. The number of nitrogens with one attached hydrogen (secondary N) is 2. The second-order valence-electron chi connectivity index (χ2n) is 9.21. The van der Waals surface area contributed by atoms with Gasteiger partial charge in [0.05, 0.1) is 0 Å². The number of anilines is 2. The molecule has 1 aliphatic heterocycles. The molecule has 2 unspecified atom stereocenters. The molecule has 1 aliphatic rings. The molecule has 4 aromatic rings. The van der Waals surface area contributed by atoms with Gasteiger partial charge in [-0.15, -0.1) is 0 Å². The van der Waals surface area contributed by atoms with Gasteiger partial charge in [0.1, 0.15) is 28.7 Å². The lowest BCUT2D eigenvalue weighted by molar-refractivity contribution is 0.102. The number of hydrogen-bond donors (Lipinski definition) is 3. The van der Waals surface area contributed by atoms with Gasteiger partial charge in [-0.1, -0.05) is 18.2 Å². The summed E-state index contributed by atoms with van der Waals surface area (Å²) in [5.74, 6) is 1.51. The van der Waals surface area contributed by atoms with Crippen molar-refractivity contribution in [3.8, 4) is 11.3 Å². The summed E-state index contributed by atoms with van der Waals surface area (Å²) < 4.78 is 1.98. The topological polar surface area (TPSA) is 131 Å². The van der Waals surface area contributed by atoms with Gasteiger partial charge in [0.15, 0.2) is 0 Å². The maximum atomic E-state index is 12.7. The van der Waals surface area contributed by atoms with Crippen LogP contribution >= 0.6 is 0 Å². The van der Waals surface area contributed by atoms with Crippen LogP contribution in [0.3, 0.4) is 0 Å². The SMILES string of the molecule is CCNC(=O)N1CC(c2nc(-c3ccc(C(=O)Nc4ccccn4)cc3)c3c(N)nccn23)CCC1C. The lowest BCUT2D eigenvalue weighted by Gasteiger charge is -2.37. The second kappa shape index (κ2) is 10.3. The van der Waals surface area contributed by atoms with Crippen molar-refractivity contribution < 1.29 is 9.59 Å². The number of fused-ring (bicyclic) bond motifs is 1. The number of amides is 3. The van der Waals surface area contributed by atoms with E-state index in [1.165, 1.54) is 0 Å². The van der Waals surface area contributed by atoms with Crippen LogP contribution < -0.4 is 16.4 Å². The van der Waals surface area contributed by atoms with Crippen LogP contribution in [0.2, 0.25) is 0 Å². The van der Waals surface area contributed by atoms with Gasteiger partial charge >= 0.3 is 6.03 Å². The second-order valence-corrected chi connectivity index (χ2v) is 9.21. The summed E-state index contributed by atoms with van der Waals surface area (Å²) in [6, 6.07) is 12.7. The van der Waals surface area contributed by atoms with E-state index >= 15 is 0 Å².